The van der Waals surface area contributed by atoms with E-state index < -0.39 is 43.7 Å². The molecular formula is C32H38N4O8S2. The van der Waals surface area contributed by atoms with Crippen LogP contribution in [0.2, 0.25) is 0 Å². The lowest BCUT2D eigenvalue weighted by molar-refractivity contribution is -0.122. The third-order valence-corrected chi connectivity index (χ3v) is 10.9. The second kappa shape index (κ2) is 14.2. The average molecular weight is 671 g/mol. The lowest BCUT2D eigenvalue weighted by Crippen LogP contribution is -2.51. The Balaban J connectivity index is 1.29. The monoisotopic (exact) mass is 670 g/mol. The molecule has 4 aromatic rings. The molecule has 0 fully saturated rings. The van der Waals surface area contributed by atoms with Gasteiger partial charge in [0.05, 0.1) is 33.8 Å². The predicted octanol–water partition coefficient (Wildman–Crippen LogP) is 3.03. The Hall–Kier alpha value is -3.98. The van der Waals surface area contributed by atoms with Gasteiger partial charge in [0, 0.05) is 25.6 Å². The first-order valence-corrected chi connectivity index (χ1v) is 18.2. The zero-order valence-corrected chi connectivity index (χ0v) is 27.3. The Bertz CT molecular complexity index is 1850. The summed E-state index contributed by atoms with van der Waals surface area (Å²) in [5.74, 6) is -0.394. The van der Waals surface area contributed by atoms with Crippen molar-refractivity contribution in [3.8, 4) is 11.5 Å². The number of H-pyrrole nitrogens is 1. The maximum absolute atomic E-state index is 13.8. The number of aromatic nitrogens is 2. The summed E-state index contributed by atoms with van der Waals surface area (Å²) in [6.07, 6.45) is -1.47. The predicted molar refractivity (Wildman–Crippen MR) is 172 cm³/mol. The fourth-order valence-electron chi connectivity index (χ4n) is 5.23. The third-order valence-electron chi connectivity index (χ3n) is 7.49. The van der Waals surface area contributed by atoms with Crippen LogP contribution in [0.15, 0.2) is 77.7 Å². The summed E-state index contributed by atoms with van der Waals surface area (Å²) in [5, 5.41) is 14.2. The number of rotatable bonds is 15. The number of ether oxygens (including phenoxy) is 2. The van der Waals surface area contributed by atoms with Gasteiger partial charge in [-0.2, -0.15) is 4.31 Å². The number of amides is 1. The van der Waals surface area contributed by atoms with Gasteiger partial charge in [0.1, 0.15) is 11.6 Å². The van der Waals surface area contributed by atoms with Gasteiger partial charge in [-0.3, -0.25) is 4.79 Å². The maximum Gasteiger partial charge on any atom is 0.243 e. The first-order chi connectivity index (χ1) is 21.9. The lowest BCUT2D eigenvalue weighted by Gasteiger charge is -2.31. The van der Waals surface area contributed by atoms with Crippen LogP contribution in [0, 0.1) is 5.92 Å². The molecular weight excluding hydrogens is 633 g/mol. The molecule has 14 heteroatoms. The van der Waals surface area contributed by atoms with E-state index in [0.717, 1.165) is 11.1 Å². The van der Waals surface area contributed by atoms with Gasteiger partial charge in [-0.15, -0.1) is 0 Å². The van der Waals surface area contributed by atoms with Gasteiger partial charge < -0.3 is 24.9 Å². The first-order valence-electron chi connectivity index (χ1n) is 14.9. The number of para-hydroxylation sites is 2. The van der Waals surface area contributed by atoms with Crippen LogP contribution >= 0.6 is 0 Å². The molecule has 0 aliphatic carbocycles. The smallest absolute Gasteiger partial charge is 0.243 e. The molecule has 1 aromatic heterocycles. The summed E-state index contributed by atoms with van der Waals surface area (Å²) >= 11 is 0. The minimum atomic E-state index is -4.08. The summed E-state index contributed by atoms with van der Waals surface area (Å²) < 4.78 is 65.2. The maximum atomic E-state index is 13.8. The van der Waals surface area contributed by atoms with Crippen LogP contribution in [0.1, 0.15) is 31.7 Å². The summed E-state index contributed by atoms with van der Waals surface area (Å²) in [4.78, 5) is 20.4. The Morgan fingerprint density at radius 1 is 0.978 bits per heavy atom. The fourth-order valence-corrected chi connectivity index (χ4v) is 8.06. The van der Waals surface area contributed by atoms with Gasteiger partial charge >= 0.3 is 0 Å². The second-order valence-corrected chi connectivity index (χ2v) is 15.8. The van der Waals surface area contributed by atoms with E-state index in [-0.39, 0.29) is 55.1 Å². The molecule has 1 aliphatic rings. The highest BCUT2D eigenvalue weighted by molar-refractivity contribution is 7.90. The molecule has 0 bridgehead atoms. The van der Waals surface area contributed by atoms with E-state index in [4.69, 9.17) is 9.47 Å². The molecule has 0 radical (unpaired) electrons. The number of nitrogens with one attached hydrogen (secondary N) is 2. The van der Waals surface area contributed by atoms with Crippen LogP contribution in [0.3, 0.4) is 0 Å². The van der Waals surface area contributed by atoms with E-state index in [1.807, 2.05) is 50.2 Å². The quantitative estimate of drug-likeness (QED) is 0.172. The average Bonchev–Trinajstić information content (AvgIpc) is 3.65. The molecule has 0 spiro atoms. The van der Waals surface area contributed by atoms with Crippen LogP contribution in [-0.4, -0.2) is 79.9 Å². The van der Waals surface area contributed by atoms with Gasteiger partial charge in [0.2, 0.25) is 22.7 Å². The van der Waals surface area contributed by atoms with Crippen molar-refractivity contribution in [1.29, 1.82) is 0 Å². The molecule has 5 rings (SSSR count). The van der Waals surface area contributed by atoms with Crippen molar-refractivity contribution in [2.24, 2.45) is 5.92 Å². The van der Waals surface area contributed by atoms with Gasteiger partial charge in [0.25, 0.3) is 0 Å². The van der Waals surface area contributed by atoms with Crippen molar-refractivity contribution >= 4 is 36.8 Å². The number of carbonyl (C=O) groups is 1. The van der Waals surface area contributed by atoms with Gasteiger partial charge in [0.15, 0.2) is 21.3 Å². The zero-order chi connectivity index (χ0) is 32.9. The molecule has 12 nitrogen and oxygen atoms in total. The van der Waals surface area contributed by atoms with Crippen molar-refractivity contribution in [3.05, 3.63) is 84.2 Å². The highest BCUT2D eigenvalue weighted by Gasteiger charge is 2.32. The second-order valence-electron chi connectivity index (χ2n) is 11.7. The van der Waals surface area contributed by atoms with Gasteiger partial charge in [-0.1, -0.05) is 56.3 Å². The molecule has 0 saturated heterocycles. The number of sulfone groups is 1. The van der Waals surface area contributed by atoms with Gasteiger partial charge in [-0.25, -0.2) is 21.8 Å². The first kappa shape index (κ1) is 33.4. The molecule has 0 saturated carbocycles. The zero-order valence-electron chi connectivity index (χ0n) is 25.6. The molecule has 0 unspecified atom stereocenters. The number of sulfonamides is 1. The molecule has 1 amide bonds. The molecule has 1 aliphatic heterocycles. The number of carbonyl (C=O) groups excluding carboxylic acids is 1. The summed E-state index contributed by atoms with van der Waals surface area (Å²) in [6.45, 7) is 3.53. The third kappa shape index (κ3) is 8.43. The summed E-state index contributed by atoms with van der Waals surface area (Å²) in [6, 6.07) is 19.8. The molecule has 3 N–H and O–H groups in total. The van der Waals surface area contributed by atoms with Crippen molar-refractivity contribution in [2.45, 2.75) is 49.5 Å². The number of imidazole rings is 1. The van der Waals surface area contributed by atoms with E-state index in [2.05, 4.69) is 15.3 Å². The SMILES string of the molecule is CC(C)CN(C[C@@H](O)[C@H](Cc1ccccc1)NC(=O)CCS(=O)(=O)Cc1nc2ccccc2[nH]1)S(=O)(=O)c1ccc2c(c1)OCO2. The number of aromatic amines is 1. The van der Waals surface area contributed by atoms with Crippen molar-refractivity contribution in [1.82, 2.24) is 19.6 Å². The molecule has 2 heterocycles. The van der Waals surface area contributed by atoms with Crippen LogP contribution in [0.4, 0.5) is 0 Å². The van der Waals surface area contributed by atoms with E-state index in [0.29, 0.717) is 17.0 Å². The number of benzene rings is 3. The molecule has 3 aromatic carbocycles. The van der Waals surface area contributed by atoms with Gasteiger partial charge in [-0.05, 0) is 42.2 Å². The topological polar surface area (TPSA) is 168 Å². The highest BCUT2D eigenvalue weighted by atomic mass is 32.2. The Labute approximate surface area is 268 Å². The number of nitrogens with zero attached hydrogens (tertiary/aromatic N) is 2. The summed E-state index contributed by atoms with van der Waals surface area (Å²) in [5.41, 5.74) is 2.17. The van der Waals surface area contributed by atoms with Crippen LogP contribution in [-0.2, 0) is 36.8 Å². The van der Waals surface area contributed by atoms with E-state index in [1.165, 1.54) is 22.5 Å². The number of fused-ring (bicyclic) bond motifs is 2. The number of hydrogen-bond donors (Lipinski definition) is 3. The molecule has 46 heavy (non-hydrogen) atoms. The number of aliphatic hydroxyl groups is 1. The van der Waals surface area contributed by atoms with Crippen LogP contribution in [0.5, 0.6) is 11.5 Å². The number of hydrogen-bond acceptors (Lipinski definition) is 9. The Kier molecular flexibility index (Phi) is 10.3. The van der Waals surface area contributed by atoms with Crippen molar-refractivity contribution in [3.63, 3.8) is 0 Å². The Morgan fingerprint density at radius 2 is 1.70 bits per heavy atom. The highest BCUT2D eigenvalue weighted by Crippen LogP contribution is 2.35. The van der Waals surface area contributed by atoms with E-state index in [1.54, 1.807) is 18.2 Å². The van der Waals surface area contributed by atoms with Crippen molar-refractivity contribution < 1.29 is 36.2 Å². The van der Waals surface area contributed by atoms with Crippen molar-refractivity contribution in [2.75, 3.05) is 25.6 Å². The molecule has 2 atom stereocenters. The van der Waals surface area contributed by atoms with Crippen LogP contribution in [0.25, 0.3) is 11.0 Å². The fraction of sp³-hybridized carbons (Fsp3) is 0.375. The van der Waals surface area contributed by atoms with E-state index in [9.17, 15) is 26.7 Å². The number of aliphatic hydroxyl groups excluding tert-OH is 1. The lowest BCUT2D eigenvalue weighted by atomic mass is 10.0. The standard InChI is InChI=1S/C32H38N4O8S2/c1-22(2)18-36(46(41,42)24-12-13-29-30(17-24)44-21-43-29)19-28(37)27(16-23-8-4-3-5-9-23)35-32(38)14-15-45(39,40)20-31-33-25-10-6-7-11-26(25)34-31/h3-13,17,22,27-28,37H,14-16,18-21H2,1-2H3,(H,33,34)(H,35,38)/t27-,28+/m0/s1. The normalized spacial score (nSPS) is 14.5. The van der Waals surface area contributed by atoms with E-state index >= 15 is 0 Å². The molecule has 246 valence electrons. The minimum absolute atomic E-state index is 0.00464. The summed E-state index contributed by atoms with van der Waals surface area (Å²) in [7, 11) is -7.78. The van der Waals surface area contributed by atoms with Crippen LogP contribution < -0.4 is 14.8 Å². The minimum Gasteiger partial charge on any atom is -0.454 e. The largest absolute Gasteiger partial charge is 0.454 e. The Morgan fingerprint density at radius 3 is 2.43 bits per heavy atom.